The summed E-state index contributed by atoms with van der Waals surface area (Å²) in [5.74, 6) is -2.63. The summed E-state index contributed by atoms with van der Waals surface area (Å²) in [5, 5.41) is 11.0. The van der Waals surface area contributed by atoms with Crippen LogP contribution in [0.5, 0.6) is 0 Å². The van der Waals surface area contributed by atoms with Crippen LogP contribution in [0.25, 0.3) is 0 Å². The molecule has 0 aliphatic carbocycles. The van der Waals surface area contributed by atoms with Gasteiger partial charge in [0.15, 0.2) is 0 Å². The number of alkyl carbamates (subject to hydrolysis) is 1. The summed E-state index contributed by atoms with van der Waals surface area (Å²) >= 11 is 0. The second-order valence-electron chi connectivity index (χ2n) is 4.70. The highest BCUT2D eigenvalue weighted by Gasteiger charge is 2.20. The minimum atomic E-state index is -1.16. The third kappa shape index (κ3) is 7.32. The number of hydrogen-bond donors (Lipinski definition) is 2. The smallest absolute Gasteiger partial charge is 0.407 e. The second kappa shape index (κ2) is 6.22. The van der Waals surface area contributed by atoms with Gasteiger partial charge in [-0.15, -0.1) is 0 Å². The van der Waals surface area contributed by atoms with Gasteiger partial charge in [-0.05, 0) is 27.7 Å². The molecule has 0 radical (unpaired) electrons. The second-order valence-corrected chi connectivity index (χ2v) is 4.70. The van der Waals surface area contributed by atoms with Gasteiger partial charge in [0.05, 0.1) is 0 Å². The van der Waals surface area contributed by atoms with Crippen molar-refractivity contribution >= 4 is 17.8 Å². The molecular weight excluding hydrogens is 226 g/mol. The molecule has 1 unspecified atom stereocenters. The van der Waals surface area contributed by atoms with Gasteiger partial charge in [-0.2, -0.15) is 0 Å². The monoisotopic (exact) mass is 245 g/mol. The quantitative estimate of drug-likeness (QED) is 0.710. The van der Waals surface area contributed by atoms with Crippen molar-refractivity contribution in [3.8, 4) is 0 Å². The van der Waals surface area contributed by atoms with Crippen LogP contribution in [0.1, 0.15) is 34.1 Å². The molecule has 98 valence electrons. The van der Waals surface area contributed by atoms with Gasteiger partial charge in [0.2, 0.25) is 0 Å². The summed E-state index contributed by atoms with van der Waals surface area (Å²) in [6.07, 6.45) is -0.638. The van der Waals surface area contributed by atoms with Gasteiger partial charge >= 0.3 is 12.1 Å². The zero-order valence-electron chi connectivity index (χ0n) is 10.6. The van der Waals surface area contributed by atoms with Crippen LogP contribution in [0.4, 0.5) is 4.79 Å². The number of Topliss-reactive ketones (excluding diaryl/α,β-unsaturated/α-hetero) is 1. The molecule has 0 spiro atoms. The molecule has 1 atom stereocenters. The molecule has 0 aromatic heterocycles. The summed E-state index contributed by atoms with van der Waals surface area (Å²) in [4.78, 5) is 33.0. The van der Waals surface area contributed by atoms with E-state index in [0.29, 0.717) is 0 Å². The third-order valence-electron chi connectivity index (χ3n) is 1.89. The number of nitrogens with one attached hydrogen (secondary N) is 1. The van der Waals surface area contributed by atoms with E-state index < -0.39 is 29.4 Å². The van der Waals surface area contributed by atoms with E-state index in [2.05, 4.69) is 5.32 Å². The number of carboxylic acid groups (broad SMARTS) is 1. The number of carbonyl (C=O) groups excluding carboxylic acids is 2. The SMILES string of the molecule is CC(C(=O)O)C(=O)CCNC(=O)OC(C)(C)C. The first kappa shape index (κ1) is 15.4. The molecule has 0 fully saturated rings. The fourth-order valence-corrected chi connectivity index (χ4v) is 0.956. The van der Waals surface area contributed by atoms with E-state index in [0.717, 1.165) is 0 Å². The Kier molecular flexibility index (Phi) is 5.64. The third-order valence-corrected chi connectivity index (χ3v) is 1.89. The summed E-state index contributed by atoms with van der Waals surface area (Å²) in [6, 6.07) is 0. The van der Waals surface area contributed by atoms with Gasteiger partial charge in [-0.1, -0.05) is 0 Å². The maximum absolute atomic E-state index is 11.3. The van der Waals surface area contributed by atoms with Crippen molar-refractivity contribution < 1.29 is 24.2 Å². The van der Waals surface area contributed by atoms with Crippen LogP contribution in [0, 0.1) is 5.92 Å². The molecule has 0 saturated heterocycles. The molecule has 0 aliphatic rings. The van der Waals surface area contributed by atoms with Gasteiger partial charge in [0.25, 0.3) is 0 Å². The van der Waals surface area contributed by atoms with Crippen molar-refractivity contribution in [1.82, 2.24) is 5.32 Å². The predicted molar refractivity (Wildman–Crippen MR) is 60.7 cm³/mol. The largest absolute Gasteiger partial charge is 0.481 e. The highest BCUT2D eigenvalue weighted by atomic mass is 16.6. The van der Waals surface area contributed by atoms with E-state index in [4.69, 9.17) is 9.84 Å². The molecule has 0 heterocycles. The van der Waals surface area contributed by atoms with Crippen LogP contribution in [0.3, 0.4) is 0 Å². The Hall–Kier alpha value is -1.59. The molecule has 6 nitrogen and oxygen atoms in total. The van der Waals surface area contributed by atoms with Gasteiger partial charge in [0, 0.05) is 13.0 Å². The van der Waals surface area contributed by atoms with Crippen LogP contribution in [0.2, 0.25) is 0 Å². The molecule has 0 aromatic carbocycles. The minimum absolute atomic E-state index is 0.0211. The van der Waals surface area contributed by atoms with E-state index in [1.54, 1.807) is 20.8 Å². The summed E-state index contributed by atoms with van der Waals surface area (Å²) in [7, 11) is 0. The number of hydrogen-bond acceptors (Lipinski definition) is 4. The molecule has 6 heteroatoms. The first-order valence-corrected chi connectivity index (χ1v) is 5.36. The van der Waals surface area contributed by atoms with E-state index in [1.807, 2.05) is 0 Å². The maximum Gasteiger partial charge on any atom is 0.407 e. The van der Waals surface area contributed by atoms with Crippen molar-refractivity contribution in [3.63, 3.8) is 0 Å². The zero-order chi connectivity index (χ0) is 13.6. The number of aliphatic carboxylic acids is 1. The fourth-order valence-electron chi connectivity index (χ4n) is 0.956. The van der Waals surface area contributed by atoms with Crippen LogP contribution >= 0.6 is 0 Å². The summed E-state index contributed by atoms with van der Waals surface area (Å²) in [6.45, 7) is 6.57. The molecule has 1 amide bonds. The van der Waals surface area contributed by atoms with Crippen LogP contribution in [-0.2, 0) is 14.3 Å². The molecule has 2 N–H and O–H groups in total. The molecule has 0 rings (SSSR count). The van der Waals surface area contributed by atoms with Crippen molar-refractivity contribution in [2.24, 2.45) is 5.92 Å². The van der Waals surface area contributed by atoms with Gasteiger partial charge in [-0.25, -0.2) is 4.79 Å². The van der Waals surface area contributed by atoms with Crippen molar-refractivity contribution in [1.29, 1.82) is 0 Å². The van der Waals surface area contributed by atoms with Gasteiger partial charge < -0.3 is 15.2 Å². The molecule has 0 saturated carbocycles. The first-order chi connectivity index (χ1) is 7.63. The topological polar surface area (TPSA) is 92.7 Å². The Balaban J connectivity index is 3.89. The van der Waals surface area contributed by atoms with Crippen LogP contribution < -0.4 is 5.32 Å². The Morgan fingerprint density at radius 2 is 1.82 bits per heavy atom. The lowest BCUT2D eigenvalue weighted by molar-refractivity contribution is -0.145. The van der Waals surface area contributed by atoms with Crippen LogP contribution in [-0.4, -0.2) is 35.1 Å². The molecule has 0 aromatic rings. The van der Waals surface area contributed by atoms with Gasteiger partial charge in [0.1, 0.15) is 17.3 Å². The Bertz CT molecular complexity index is 305. The Labute approximate surface area is 100 Å². The van der Waals surface area contributed by atoms with Gasteiger partial charge in [-0.3, -0.25) is 9.59 Å². The lowest BCUT2D eigenvalue weighted by Crippen LogP contribution is -2.34. The lowest BCUT2D eigenvalue weighted by atomic mass is 10.0. The first-order valence-electron chi connectivity index (χ1n) is 5.36. The number of amides is 1. The van der Waals surface area contributed by atoms with Crippen molar-refractivity contribution in [2.45, 2.75) is 39.7 Å². The van der Waals surface area contributed by atoms with E-state index >= 15 is 0 Å². The predicted octanol–water partition coefficient (Wildman–Crippen LogP) is 1.19. The van der Waals surface area contributed by atoms with Crippen molar-refractivity contribution in [3.05, 3.63) is 0 Å². The number of ether oxygens (including phenoxy) is 1. The number of ketones is 1. The van der Waals surface area contributed by atoms with Crippen molar-refractivity contribution in [2.75, 3.05) is 6.54 Å². The average Bonchev–Trinajstić information content (AvgIpc) is 2.13. The lowest BCUT2D eigenvalue weighted by Gasteiger charge is -2.19. The number of carboxylic acids is 1. The Morgan fingerprint density at radius 3 is 2.24 bits per heavy atom. The molecule has 0 bridgehead atoms. The number of rotatable bonds is 5. The minimum Gasteiger partial charge on any atom is -0.481 e. The normalized spacial score (nSPS) is 12.7. The number of carbonyl (C=O) groups is 3. The summed E-state index contributed by atoms with van der Waals surface area (Å²) in [5.41, 5.74) is -0.595. The van der Waals surface area contributed by atoms with E-state index in [-0.39, 0.29) is 13.0 Å². The zero-order valence-corrected chi connectivity index (χ0v) is 10.6. The highest BCUT2D eigenvalue weighted by Crippen LogP contribution is 2.06. The molecule has 17 heavy (non-hydrogen) atoms. The summed E-state index contributed by atoms with van der Waals surface area (Å²) < 4.78 is 4.95. The molecule has 0 aliphatic heterocycles. The van der Waals surface area contributed by atoms with E-state index in [9.17, 15) is 14.4 Å². The fraction of sp³-hybridized carbons (Fsp3) is 0.727. The van der Waals surface area contributed by atoms with Crippen LogP contribution in [0.15, 0.2) is 0 Å². The van der Waals surface area contributed by atoms with E-state index in [1.165, 1.54) is 6.92 Å². The highest BCUT2D eigenvalue weighted by molar-refractivity contribution is 5.97. The standard InChI is InChI=1S/C11H19NO5/c1-7(9(14)15)8(13)5-6-12-10(16)17-11(2,3)4/h7H,5-6H2,1-4H3,(H,12,16)(H,14,15). The molecular formula is C11H19NO5. The maximum atomic E-state index is 11.3. The average molecular weight is 245 g/mol. The Morgan fingerprint density at radius 1 is 1.29 bits per heavy atom.